The third kappa shape index (κ3) is 3.39. The normalized spacial score (nSPS) is 9.89. The van der Waals surface area contributed by atoms with Gasteiger partial charge in [-0.15, -0.1) is 0 Å². The minimum absolute atomic E-state index is 0.0645. The average Bonchev–Trinajstić information content (AvgIpc) is 2.37. The maximum absolute atomic E-state index is 11.2. The van der Waals surface area contributed by atoms with E-state index in [4.69, 9.17) is 9.84 Å². The molecule has 0 radical (unpaired) electrons. The van der Waals surface area contributed by atoms with Crippen LogP contribution in [0, 0.1) is 10.1 Å². The Morgan fingerprint density at radius 3 is 2.83 bits per heavy atom. The number of carbonyl (C=O) groups excluding carboxylic acids is 1. The van der Waals surface area contributed by atoms with Crippen molar-refractivity contribution in [2.24, 2.45) is 0 Å². The molecule has 0 bridgehead atoms. The second-order valence-corrected chi connectivity index (χ2v) is 3.20. The number of nitrogens with zero attached hydrogens (tertiary/aromatic N) is 2. The highest BCUT2D eigenvalue weighted by atomic mass is 16.6. The molecule has 18 heavy (non-hydrogen) atoms. The quantitative estimate of drug-likeness (QED) is 0.342. The number of hydrogen-bond acceptors (Lipinski definition) is 7. The summed E-state index contributed by atoms with van der Waals surface area (Å²) in [7, 11) is 1.18. The Morgan fingerprint density at radius 2 is 2.28 bits per heavy atom. The summed E-state index contributed by atoms with van der Waals surface area (Å²) >= 11 is 0. The molecule has 0 amide bonds. The van der Waals surface area contributed by atoms with E-state index in [9.17, 15) is 14.9 Å². The van der Waals surface area contributed by atoms with Crippen molar-refractivity contribution in [3.05, 3.63) is 27.9 Å². The summed E-state index contributed by atoms with van der Waals surface area (Å²) in [4.78, 5) is 25.0. The zero-order valence-corrected chi connectivity index (χ0v) is 9.66. The first-order valence-corrected chi connectivity index (χ1v) is 5.07. The second-order valence-electron chi connectivity index (χ2n) is 3.20. The third-order valence-corrected chi connectivity index (χ3v) is 1.97. The summed E-state index contributed by atoms with van der Waals surface area (Å²) in [6.45, 7) is -0.0422. The standard InChI is InChI=1S/C10H12N2O6/c1-17-10(14)7-3-4-8(12(15)16)9(11-7)18-6-2-5-13/h3-4,13H,2,5-6H2,1H3. The van der Waals surface area contributed by atoms with Gasteiger partial charge in [-0.25, -0.2) is 9.78 Å². The van der Waals surface area contributed by atoms with Crippen LogP contribution in [-0.2, 0) is 4.74 Å². The first-order chi connectivity index (χ1) is 8.60. The van der Waals surface area contributed by atoms with Crippen LogP contribution in [0.2, 0.25) is 0 Å². The average molecular weight is 256 g/mol. The van der Waals surface area contributed by atoms with Crippen molar-refractivity contribution in [3.8, 4) is 5.88 Å². The summed E-state index contributed by atoms with van der Waals surface area (Å²) in [6, 6.07) is 2.30. The molecule has 0 aliphatic carbocycles. The first kappa shape index (κ1) is 13.8. The van der Waals surface area contributed by atoms with Crippen molar-refractivity contribution in [3.63, 3.8) is 0 Å². The summed E-state index contributed by atoms with van der Waals surface area (Å²) in [5.74, 6) is -0.978. The number of esters is 1. The van der Waals surface area contributed by atoms with Gasteiger partial charge in [-0.2, -0.15) is 0 Å². The number of nitro groups is 1. The van der Waals surface area contributed by atoms with Crippen LogP contribution in [0.5, 0.6) is 5.88 Å². The van der Waals surface area contributed by atoms with Crippen molar-refractivity contribution in [1.29, 1.82) is 0 Å². The zero-order chi connectivity index (χ0) is 13.5. The Labute approximate surface area is 102 Å². The number of aliphatic hydroxyl groups excluding tert-OH is 1. The Kier molecular flexibility index (Phi) is 5.00. The topological polar surface area (TPSA) is 112 Å². The molecule has 0 saturated heterocycles. The van der Waals surface area contributed by atoms with E-state index >= 15 is 0 Å². The van der Waals surface area contributed by atoms with Crippen LogP contribution in [0.25, 0.3) is 0 Å². The van der Waals surface area contributed by atoms with Crippen LogP contribution in [0.3, 0.4) is 0 Å². The van der Waals surface area contributed by atoms with E-state index in [1.54, 1.807) is 0 Å². The van der Waals surface area contributed by atoms with Crippen LogP contribution < -0.4 is 4.74 Å². The predicted molar refractivity (Wildman–Crippen MR) is 59.4 cm³/mol. The molecule has 0 atom stereocenters. The van der Waals surface area contributed by atoms with E-state index in [1.807, 2.05) is 0 Å². The number of hydrogen-bond donors (Lipinski definition) is 1. The van der Waals surface area contributed by atoms with Gasteiger partial charge in [0, 0.05) is 19.1 Å². The molecule has 8 nitrogen and oxygen atoms in total. The fourth-order valence-corrected chi connectivity index (χ4v) is 1.13. The van der Waals surface area contributed by atoms with Gasteiger partial charge in [0.25, 0.3) is 5.88 Å². The Hall–Kier alpha value is -2.22. The molecule has 1 aromatic heterocycles. The zero-order valence-electron chi connectivity index (χ0n) is 9.66. The molecule has 1 aromatic rings. The van der Waals surface area contributed by atoms with E-state index in [2.05, 4.69) is 9.72 Å². The highest BCUT2D eigenvalue weighted by Gasteiger charge is 2.20. The molecule has 1 rings (SSSR count). The van der Waals surface area contributed by atoms with Gasteiger partial charge in [0.15, 0.2) is 5.69 Å². The summed E-state index contributed by atoms with van der Waals surface area (Å²) in [5.41, 5.74) is -0.428. The number of carbonyl (C=O) groups is 1. The van der Waals surface area contributed by atoms with Gasteiger partial charge < -0.3 is 14.6 Å². The summed E-state index contributed by atoms with van der Waals surface area (Å²) < 4.78 is 9.50. The second kappa shape index (κ2) is 6.50. The van der Waals surface area contributed by atoms with E-state index in [0.717, 1.165) is 6.07 Å². The smallest absolute Gasteiger partial charge is 0.356 e. The Balaban J connectivity index is 2.99. The molecule has 0 unspecified atom stereocenters. The van der Waals surface area contributed by atoms with Gasteiger partial charge in [0.2, 0.25) is 0 Å². The van der Waals surface area contributed by atoms with E-state index in [-0.39, 0.29) is 30.5 Å². The molecule has 98 valence electrons. The maximum atomic E-state index is 11.2. The number of ether oxygens (including phenoxy) is 2. The van der Waals surface area contributed by atoms with Gasteiger partial charge in [-0.05, 0) is 6.07 Å². The molecule has 0 spiro atoms. The van der Waals surface area contributed by atoms with Crippen LogP contribution in [-0.4, -0.2) is 41.3 Å². The number of rotatable bonds is 6. The number of pyridine rings is 1. The first-order valence-electron chi connectivity index (χ1n) is 5.07. The van der Waals surface area contributed by atoms with E-state index < -0.39 is 10.9 Å². The van der Waals surface area contributed by atoms with Gasteiger partial charge in [-0.1, -0.05) is 0 Å². The lowest BCUT2D eigenvalue weighted by molar-refractivity contribution is -0.386. The highest BCUT2D eigenvalue weighted by molar-refractivity contribution is 5.87. The molecule has 0 saturated carbocycles. The van der Waals surface area contributed by atoms with Crippen LogP contribution in [0.1, 0.15) is 16.9 Å². The largest absolute Gasteiger partial charge is 0.473 e. The Bertz CT molecular complexity index is 448. The molecule has 0 aromatic carbocycles. The monoisotopic (exact) mass is 256 g/mol. The Morgan fingerprint density at radius 1 is 1.56 bits per heavy atom. The molecular weight excluding hydrogens is 244 g/mol. The minimum Gasteiger partial charge on any atom is -0.473 e. The van der Waals surface area contributed by atoms with Crippen LogP contribution in [0.15, 0.2) is 12.1 Å². The lowest BCUT2D eigenvalue weighted by atomic mass is 10.3. The highest BCUT2D eigenvalue weighted by Crippen LogP contribution is 2.24. The van der Waals surface area contributed by atoms with Gasteiger partial charge in [0.1, 0.15) is 0 Å². The van der Waals surface area contributed by atoms with Crippen molar-refractivity contribution < 1.29 is 24.3 Å². The molecule has 8 heteroatoms. The van der Waals surface area contributed by atoms with Crippen molar-refractivity contribution >= 4 is 11.7 Å². The van der Waals surface area contributed by atoms with Crippen molar-refractivity contribution in [1.82, 2.24) is 4.98 Å². The van der Waals surface area contributed by atoms with E-state index in [1.165, 1.54) is 13.2 Å². The fraction of sp³-hybridized carbons (Fsp3) is 0.400. The molecule has 0 aliphatic rings. The molecule has 0 aliphatic heterocycles. The lowest BCUT2D eigenvalue weighted by Gasteiger charge is -2.06. The summed E-state index contributed by atoms with van der Waals surface area (Å²) in [5, 5.41) is 19.3. The van der Waals surface area contributed by atoms with Gasteiger partial charge in [0.05, 0.1) is 18.6 Å². The van der Waals surface area contributed by atoms with Gasteiger partial charge >= 0.3 is 11.7 Å². The van der Waals surface area contributed by atoms with Crippen LogP contribution in [0.4, 0.5) is 5.69 Å². The SMILES string of the molecule is COC(=O)c1ccc([N+](=O)[O-])c(OCCCO)n1. The van der Waals surface area contributed by atoms with Gasteiger partial charge in [-0.3, -0.25) is 10.1 Å². The number of methoxy groups -OCH3 is 1. The molecule has 1 N–H and O–H groups in total. The third-order valence-electron chi connectivity index (χ3n) is 1.97. The van der Waals surface area contributed by atoms with E-state index in [0.29, 0.717) is 6.42 Å². The number of aromatic nitrogens is 1. The fourth-order valence-electron chi connectivity index (χ4n) is 1.13. The summed E-state index contributed by atoms with van der Waals surface area (Å²) in [6.07, 6.45) is 0.307. The molecule has 1 heterocycles. The van der Waals surface area contributed by atoms with Crippen LogP contribution >= 0.6 is 0 Å². The molecule has 0 fully saturated rings. The molecular formula is C10H12N2O6. The van der Waals surface area contributed by atoms with Crippen molar-refractivity contribution in [2.75, 3.05) is 20.3 Å². The predicted octanol–water partition coefficient (Wildman–Crippen LogP) is 0.538. The van der Waals surface area contributed by atoms with Crippen molar-refractivity contribution in [2.45, 2.75) is 6.42 Å². The minimum atomic E-state index is -0.711. The lowest BCUT2D eigenvalue weighted by Crippen LogP contribution is -2.09. The maximum Gasteiger partial charge on any atom is 0.356 e. The number of aliphatic hydroxyl groups is 1.